The molecule has 0 saturated carbocycles. The van der Waals surface area contributed by atoms with Gasteiger partial charge in [0.1, 0.15) is 11.6 Å². The molecule has 3 heterocycles. The Morgan fingerprint density at radius 2 is 2.14 bits per heavy atom. The van der Waals surface area contributed by atoms with E-state index in [0.717, 1.165) is 11.5 Å². The minimum atomic E-state index is -4.43. The van der Waals surface area contributed by atoms with Crippen LogP contribution < -0.4 is 0 Å². The average molecular weight is 431 g/mol. The molecule has 0 radical (unpaired) electrons. The summed E-state index contributed by atoms with van der Waals surface area (Å²) < 4.78 is 37.3. The molecule has 0 aliphatic carbocycles. The molecule has 146 valence electrons. The SMILES string of the molecule is Cc1nsc(N=Nc2c(C#N)[nH]n3c2nc2ccc(S(=O)(=O)O)cc23)c1C(=O)O. The Morgan fingerprint density at radius 1 is 1.38 bits per heavy atom. The third-order valence-electron chi connectivity index (χ3n) is 4.01. The number of aromatic nitrogens is 4. The summed E-state index contributed by atoms with van der Waals surface area (Å²) in [5.74, 6) is -1.20. The zero-order chi connectivity index (χ0) is 20.9. The van der Waals surface area contributed by atoms with Crippen LogP contribution in [0.5, 0.6) is 0 Å². The van der Waals surface area contributed by atoms with E-state index in [1.54, 1.807) is 0 Å². The van der Waals surface area contributed by atoms with E-state index in [-0.39, 0.29) is 38.0 Å². The third-order valence-corrected chi connectivity index (χ3v) is 5.68. The van der Waals surface area contributed by atoms with Crippen molar-refractivity contribution in [1.29, 1.82) is 5.26 Å². The summed E-state index contributed by atoms with van der Waals surface area (Å²) in [7, 11) is -4.43. The van der Waals surface area contributed by atoms with Crippen LogP contribution in [-0.4, -0.2) is 43.0 Å². The molecule has 29 heavy (non-hydrogen) atoms. The van der Waals surface area contributed by atoms with E-state index in [9.17, 15) is 28.1 Å². The molecule has 4 rings (SSSR count). The van der Waals surface area contributed by atoms with Crippen molar-refractivity contribution in [2.45, 2.75) is 11.8 Å². The van der Waals surface area contributed by atoms with Gasteiger partial charge in [0.25, 0.3) is 10.1 Å². The fourth-order valence-corrected chi connectivity index (χ4v) is 3.92. The first-order chi connectivity index (χ1) is 13.7. The van der Waals surface area contributed by atoms with Crippen molar-refractivity contribution in [3.63, 3.8) is 0 Å². The summed E-state index contributed by atoms with van der Waals surface area (Å²) in [4.78, 5) is 15.3. The number of H-pyrrole nitrogens is 1. The van der Waals surface area contributed by atoms with Gasteiger partial charge in [0.15, 0.2) is 22.0 Å². The summed E-state index contributed by atoms with van der Waals surface area (Å²) >= 11 is 0.849. The number of azo groups is 1. The molecule has 12 nitrogen and oxygen atoms in total. The lowest BCUT2D eigenvalue weighted by molar-refractivity contribution is 0.0697. The number of carboxylic acids is 1. The highest BCUT2D eigenvalue weighted by Crippen LogP contribution is 2.33. The van der Waals surface area contributed by atoms with Crippen molar-refractivity contribution in [2.24, 2.45) is 10.2 Å². The minimum absolute atomic E-state index is 0.0199. The lowest BCUT2D eigenvalue weighted by Gasteiger charge is -1.96. The Balaban J connectivity index is 1.91. The second-order valence-electron chi connectivity index (χ2n) is 5.80. The maximum atomic E-state index is 11.4. The van der Waals surface area contributed by atoms with Crippen molar-refractivity contribution in [1.82, 2.24) is 19.0 Å². The van der Waals surface area contributed by atoms with Crippen LogP contribution in [0.1, 0.15) is 21.7 Å². The van der Waals surface area contributed by atoms with Crippen LogP contribution >= 0.6 is 11.5 Å². The summed E-state index contributed by atoms with van der Waals surface area (Å²) in [6, 6.07) is 5.67. The van der Waals surface area contributed by atoms with Gasteiger partial charge >= 0.3 is 5.97 Å². The third kappa shape index (κ3) is 3.02. The molecule has 14 heteroatoms. The monoisotopic (exact) mass is 431 g/mol. The van der Waals surface area contributed by atoms with Crippen molar-refractivity contribution in [2.75, 3.05) is 0 Å². The standard InChI is InChI=1S/C15H9N7O5S2/c1-6-11(15(23)24)14(28-21-6)19-18-12-9(5-16)20-22-10-4-7(29(25,26)27)2-3-8(10)17-13(12)22/h2-4,20H,1H3,(H,23,24)(H,25,26,27). The number of hydrogen-bond acceptors (Lipinski definition) is 9. The number of aryl methyl sites for hydroxylation is 1. The number of nitrogens with zero attached hydrogens (tertiary/aromatic N) is 6. The highest BCUT2D eigenvalue weighted by Gasteiger charge is 2.21. The normalized spacial score (nSPS) is 12.2. The van der Waals surface area contributed by atoms with E-state index in [1.807, 2.05) is 6.07 Å². The lowest BCUT2D eigenvalue weighted by atomic mass is 10.2. The van der Waals surface area contributed by atoms with Crippen LogP contribution in [0.3, 0.4) is 0 Å². The zero-order valence-electron chi connectivity index (χ0n) is 14.4. The Bertz CT molecular complexity index is 1490. The predicted molar refractivity (Wildman–Crippen MR) is 99.6 cm³/mol. The lowest BCUT2D eigenvalue weighted by Crippen LogP contribution is -1.98. The van der Waals surface area contributed by atoms with Crippen molar-refractivity contribution in [3.05, 3.63) is 35.2 Å². The number of fused-ring (bicyclic) bond motifs is 3. The number of hydrogen-bond donors (Lipinski definition) is 3. The molecule has 3 N–H and O–H groups in total. The van der Waals surface area contributed by atoms with E-state index < -0.39 is 16.1 Å². The van der Waals surface area contributed by atoms with E-state index >= 15 is 0 Å². The number of carbonyl (C=O) groups is 1. The molecule has 0 spiro atoms. The Morgan fingerprint density at radius 3 is 2.79 bits per heavy atom. The molecule has 0 aliphatic rings. The van der Waals surface area contributed by atoms with Crippen molar-refractivity contribution >= 4 is 55.0 Å². The van der Waals surface area contributed by atoms with Gasteiger partial charge in [-0.1, -0.05) is 0 Å². The molecule has 0 bridgehead atoms. The zero-order valence-corrected chi connectivity index (χ0v) is 16.0. The first kappa shape index (κ1) is 18.7. The predicted octanol–water partition coefficient (Wildman–Crippen LogP) is 2.81. The van der Waals surface area contributed by atoms with Crippen molar-refractivity contribution in [3.8, 4) is 6.07 Å². The summed E-state index contributed by atoms with van der Waals surface area (Å²) in [6.07, 6.45) is 0. The first-order valence-corrected chi connectivity index (χ1v) is 9.95. The first-order valence-electron chi connectivity index (χ1n) is 7.73. The number of benzene rings is 1. The van der Waals surface area contributed by atoms with E-state index in [0.29, 0.717) is 11.2 Å². The quantitative estimate of drug-likeness (QED) is 0.325. The topological polar surface area (TPSA) is 186 Å². The van der Waals surface area contributed by atoms with Gasteiger partial charge in [-0.15, -0.1) is 10.2 Å². The summed E-state index contributed by atoms with van der Waals surface area (Å²) in [5.41, 5.74) is 1.06. The number of nitriles is 1. The number of aromatic carboxylic acids is 1. The molecular weight excluding hydrogens is 422 g/mol. The second kappa shape index (κ2) is 6.44. The largest absolute Gasteiger partial charge is 0.478 e. The van der Waals surface area contributed by atoms with Crippen LogP contribution in [0, 0.1) is 18.3 Å². The number of nitrogens with one attached hydrogen (secondary N) is 1. The Hall–Kier alpha value is -3.67. The molecule has 0 amide bonds. The molecule has 4 aromatic rings. The molecule has 0 aliphatic heterocycles. The van der Waals surface area contributed by atoms with Crippen LogP contribution in [0.15, 0.2) is 33.3 Å². The number of rotatable bonds is 4. The summed E-state index contributed by atoms with van der Waals surface area (Å²) in [6.45, 7) is 1.53. The van der Waals surface area contributed by atoms with Crippen LogP contribution in [-0.2, 0) is 10.1 Å². The summed E-state index contributed by atoms with van der Waals surface area (Å²) in [5, 5.41) is 29.3. The fourth-order valence-electron chi connectivity index (χ4n) is 2.70. The molecule has 0 fully saturated rings. The molecule has 0 saturated heterocycles. The minimum Gasteiger partial charge on any atom is -0.478 e. The Kier molecular flexibility index (Phi) is 4.15. The molecule has 0 atom stereocenters. The van der Waals surface area contributed by atoms with Gasteiger partial charge in [-0.25, -0.2) is 14.3 Å². The van der Waals surface area contributed by atoms with Crippen molar-refractivity contribution < 1.29 is 22.9 Å². The maximum absolute atomic E-state index is 11.4. The smallest absolute Gasteiger partial charge is 0.340 e. The molecular formula is C15H9N7O5S2. The highest BCUT2D eigenvalue weighted by molar-refractivity contribution is 7.85. The Labute approximate surface area is 165 Å². The van der Waals surface area contributed by atoms with Gasteiger partial charge in [-0.05, 0) is 36.7 Å². The number of imidazole rings is 1. The van der Waals surface area contributed by atoms with E-state index in [4.69, 9.17) is 0 Å². The molecule has 1 aromatic carbocycles. The van der Waals surface area contributed by atoms with Gasteiger partial charge < -0.3 is 5.11 Å². The van der Waals surface area contributed by atoms with E-state index in [1.165, 1.54) is 29.6 Å². The van der Waals surface area contributed by atoms with Crippen LogP contribution in [0.25, 0.3) is 16.7 Å². The number of carboxylic acid groups (broad SMARTS) is 1. The van der Waals surface area contributed by atoms with Crippen LogP contribution in [0.4, 0.5) is 10.7 Å². The highest BCUT2D eigenvalue weighted by atomic mass is 32.2. The van der Waals surface area contributed by atoms with E-state index in [2.05, 4.69) is 24.7 Å². The number of aromatic amines is 1. The van der Waals surface area contributed by atoms with Gasteiger partial charge in [-0.3, -0.25) is 9.65 Å². The van der Waals surface area contributed by atoms with Gasteiger partial charge in [-0.2, -0.15) is 18.1 Å². The van der Waals surface area contributed by atoms with Crippen LogP contribution in [0.2, 0.25) is 0 Å². The van der Waals surface area contributed by atoms with Gasteiger partial charge in [0, 0.05) is 0 Å². The maximum Gasteiger partial charge on any atom is 0.340 e. The molecule has 0 unspecified atom stereocenters. The average Bonchev–Trinajstić information content (AvgIpc) is 3.29. The fraction of sp³-hybridized carbons (Fsp3) is 0.0667. The van der Waals surface area contributed by atoms with Gasteiger partial charge in [0.2, 0.25) is 0 Å². The van der Waals surface area contributed by atoms with Gasteiger partial charge in [0.05, 0.1) is 21.6 Å². The molecule has 3 aromatic heterocycles. The second-order valence-corrected chi connectivity index (χ2v) is 7.97.